The standard InChI is InChI=1S/C30H18O4/c31-15-23-11-21-14-26-22(13-25(21)29(27(23)17-33)19-7-3-1-4-8-19)12-24(16-32)28(18-34)30(26)20-9-5-2-6-10-20/h1-18H. The van der Waals surface area contributed by atoms with Gasteiger partial charge in [-0.2, -0.15) is 0 Å². The quantitative estimate of drug-likeness (QED) is 0.220. The van der Waals surface area contributed by atoms with E-state index in [0.717, 1.165) is 32.7 Å². The molecule has 0 saturated heterocycles. The van der Waals surface area contributed by atoms with E-state index in [4.69, 9.17) is 0 Å². The highest BCUT2D eigenvalue weighted by Crippen LogP contribution is 2.40. The van der Waals surface area contributed by atoms with Crippen molar-refractivity contribution in [3.05, 3.63) is 107 Å². The lowest BCUT2D eigenvalue weighted by Gasteiger charge is -2.17. The molecule has 0 radical (unpaired) electrons. The van der Waals surface area contributed by atoms with Crippen molar-refractivity contribution in [2.45, 2.75) is 0 Å². The summed E-state index contributed by atoms with van der Waals surface area (Å²) in [6.45, 7) is 0. The van der Waals surface area contributed by atoms with Crippen molar-refractivity contribution in [1.29, 1.82) is 0 Å². The number of hydrogen-bond acceptors (Lipinski definition) is 4. The molecule has 0 aliphatic carbocycles. The highest BCUT2D eigenvalue weighted by Gasteiger charge is 2.19. The summed E-state index contributed by atoms with van der Waals surface area (Å²) < 4.78 is 0. The molecule has 0 unspecified atom stereocenters. The molecule has 0 amide bonds. The second-order valence-electron chi connectivity index (χ2n) is 8.01. The molecule has 0 heterocycles. The third kappa shape index (κ3) is 3.33. The van der Waals surface area contributed by atoms with Crippen LogP contribution in [0.3, 0.4) is 0 Å². The van der Waals surface area contributed by atoms with E-state index >= 15 is 0 Å². The Labute approximate surface area is 195 Å². The molecule has 0 aliphatic rings. The second-order valence-corrected chi connectivity index (χ2v) is 8.01. The van der Waals surface area contributed by atoms with Crippen LogP contribution < -0.4 is 0 Å². The summed E-state index contributed by atoms with van der Waals surface area (Å²) in [5.41, 5.74) is 4.15. The number of benzene rings is 5. The summed E-state index contributed by atoms with van der Waals surface area (Å²) in [6.07, 6.45) is 2.78. The van der Waals surface area contributed by atoms with Crippen LogP contribution in [-0.4, -0.2) is 25.1 Å². The topological polar surface area (TPSA) is 68.3 Å². The van der Waals surface area contributed by atoms with Crippen LogP contribution in [0.25, 0.3) is 43.8 Å². The molecule has 162 valence electrons. The van der Waals surface area contributed by atoms with Gasteiger partial charge in [-0.1, -0.05) is 60.7 Å². The van der Waals surface area contributed by atoms with E-state index < -0.39 is 0 Å². The Bertz CT molecular complexity index is 1480. The van der Waals surface area contributed by atoms with Gasteiger partial charge in [-0.3, -0.25) is 19.2 Å². The summed E-state index contributed by atoms with van der Waals surface area (Å²) in [5.74, 6) is 0. The molecule has 0 saturated carbocycles. The summed E-state index contributed by atoms with van der Waals surface area (Å²) in [7, 11) is 0. The molecule has 5 aromatic rings. The maximum absolute atomic E-state index is 12.1. The largest absolute Gasteiger partial charge is 0.298 e. The lowest BCUT2D eigenvalue weighted by Crippen LogP contribution is -1.99. The van der Waals surface area contributed by atoms with Crippen LogP contribution in [0, 0.1) is 0 Å². The Kier molecular flexibility index (Phi) is 5.40. The number of aldehydes is 4. The highest BCUT2D eigenvalue weighted by atomic mass is 16.1. The van der Waals surface area contributed by atoms with E-state index in [1.54, 1.807) is 12.1 Å². The van der Waals surface area contributed by atoms with Crippen LogP contribution in [0.15, 0.2) is 84.9 Å². The molecule has 0 atom stereocenters. The van der Waals surface area contributed by atoms with E-state index in [9.17, 15) is 19.2 Å². The molecule has 34 heavy (non-hydrogen) atoms. The first-order valence-electron chi connectivity index (χ1n) is 10.7. The van der Waals surface area contributed by atoms with Gasteiger partial charge in [0.25, 0.3) is 0 Å². The zero-order chi connectivity index (χ0) is 23.7. The highest BCUT2D eigenvalue weighted by molar-refractivity contribution is 6.17. The first-order chi connectivity index (χ1) is 16.7. The Morgan fingerprint density at radius 1 is 0.441 bits per heavy atom. The molecule has 4 heteroatoms. The molecular weight excluding hydrogens is 424 g/mol. The van der Waals surface area contributed by atoms with Gasteiger partial charge in [0.2, 0.25) is 0 Å². The van der Waals surface area contributed by atoms with Crippen molar-refractivity contribution in [2.75, 3.05) is 0 Å². The summed E-state index contributed by atoms with van der Waals surface area (Å²) in [4.78, 5) is 47.9. The van der Waals surface area contributed by atoms with Crippen LogP contribution in [0.5, 0.6) is 0 Å². The minimum atomic E-state index is 0.294. The average Bonchev–Trinajstić information content (AvgIpc) is 2.90. The van der Waals surface area contributed by atoms with E-state index in [1.165, 1.54) is 0 Å². The smallest absolute Gasteiger partial charge is 0.151 e. The van der Waals surface area contributed by atoms with Crippen molar-refractivity contribution in [1.82, 2.24) is 0 Å². The maximum Gasteiger partial charge on any atom is 0.151 e. The summed E-state index contributed by atoms with van der Waals surface area (Å²) >= 11 is 0. The van der Waals surface area contributed by atoms with Crippen molar-refractivity contribution in [3.8, 4) is 22.3 Å². The fourth-order valence-electron chi connectivity index (χ4n) is 4.66. The number of rotatable bonds is 6. The van der Waals surface area contributed by atoms with Crippen molar-refractivity contribution < 1.29 is 19.2 Å². The van der Waals surface area contributed by atoms with E-state index in [0.29, 0.717) is 58.5 Å². The van der Waals surface area contributed by atoms with Gasteiger partial charge in [0.15, 0.2) is 25.1 Å². The number of fused-ring (bicyclic) bond motifs is 2. The zero-order valence-corrected chi connectivity index (χ0v) is 18.0. The molecule has 5 aromatic carbocycles. The van der Waals surface area contributed by atoms with Gasteiger partial charge in [0.1, 0.15) is 0 Å². The molecular formula is C30H18O4. The number of carbonyl (C=O) groups is 4. The fourth-order valence-corrected chi connectivity index (χ4v) is 4.66. The van der Waals surface area contributed by atoms with Crippen LogP contribution in [0.2, 0.25) is 0 Å². The van der Waals surface area contributed by atoms with Gasteiger partial charge in [-0.25, -0.2) is 0 Å². The molecule has 5 rings (SSSR count). The van der Waals surface area contributed by atoms with Crippen LogP contribution >= 0.6 is 0 Å². The predicted octanol–water partition coefficient (Wildman–Crippen LogP) is 6.58. The van der Waals surface area contributed by atoms with Gasteiger partial charge in [-0.05, 0) is 56.9 Å². The van der Waals surface area contributed by atoms with Gasteiger partial charge in [-0.15, -0.1) is 0 Å². The molecule has 4 nitrogen and oxygen atoms in total. The summed E-state index contributed by atoms with van der Waals surface area (Å²) in [6, 6.07) is 26.1. The first kappa shape index (κ1) is 21.2. The lowest BCUT2D eigenvalue weighted by atomic mass is 9.85. The van der Waals surface area contributed by atoms with Crippen molar-refractivity contribution >= 4 is 46.7 Å². The Hall–Kier alpha value is -4.70. The lowest BCUT2D eigenvalue weighted by molar-refractivity contribution is 0.109. The van der Waals surface area contributed by atoms with E-state index in [1.807, 2.05) is 72.8 Å². The molecule has 0 aliphatic heterocycles. The fraction of sp³-hybridized carbons (Fsp3) is 0. The Morgan fingerprint density at radius 2 is 0.824 bits per heavy atom. The maximum atomic E-state index is 12.1. The van der Waals surface area contributed by atoms with E-state index in [2.05, 4.69) is 0 Å². The molecule has 0 aromatic heterocycles. The Balaban J connectivity index is 2.00. The van der Waals surface area contributed by atoms with Gasteiger partial charge < -0.3 is 0 Å². The third-order valence-electron chi connectivity index (χ3n) is 6.16. The van der Waals surface area contributed by atoms with Crippen molar-refractivity contribution in [3.63, 3.8) is 0 Å². The molecule has 0 fully saturated rings. The Morgan fingerprint density at radius 3 is 1.15 bits per heavy atom. The van der Waals surface area contributed by atoms with Crippen LogP contribution in [-0.2, 0) is 0 Å². The van der Waals surface area contributed by atoms with Crippen LogP contribution in [0.1, 0.15) is 41.4 Å². The normalized spacial score (nSPS) is 10.8. The minimum absolute atomic E-state index is 0.294. The SMILES string of the molecule is O=Cc1cc2cc3c(-c4ccccc4)c(C=O)c(C=O)cc3cc2c(-c2ccccc2)c1C=O. The third-order valence-corrected chi connectivity index (χ3v) is 6.16. The van der Waals surface area contributed by atoms with E-state index in [-0.39, 0.29) is 0 Å². The monoisotopic (exact) mass is 442 g/mol. The first-order valence-corrected chi connectivity index (χ1v) is 10.7. The number of hydrogen-bond donors (Lipinski definition) is 0. The van der Waals surface area contributed by atoms with Crippen molar-refractivity contribution in [2.24, 2.45) is 0 Å². The summed E-state index contributed by atoms with van der Waals surface area (Å²) in [5, 5.41) is 3.07. The van der Waals surface area contributed by atoms with Gasteiger partial charge in [0.05, 0.1) is 0 Å². The minimum Gasteiger partial charge on any atom is -0.298 e. The molecule has 0 N–H and O–H groups in total. The van der Waals surface area contributed by atoms with Gasteiger partial charge in [0, 0.05) is 33.4 Å². The second kappa shape index (κ2) is 8.68. The average molecular weight is 442 g/mol. The number of carbonyl (C=O) groups excluding carboxylic acids is 4. The van der Waals surface area contributed by atoms with Crippen LogP contribution in [0.4, 0.5) is 0 Å². The predicted molar refractivity (Wildman–Crippen MR) is 134 cm³/mol. The molecule has 0 spiro atoms. The molecule has 0 bridgehead atoms. The van der Waals surface area contributed by atoms with Gasteiger partial charge >= 0.3 is 0 Å². The zero-order valence-electron chi connectivity index (χ0n) is 18.0.